The van der Waals surface area contributed by atoms with Crippen LogP contribution in [0.5, 0.6) is 0 Å². The average Bonchev–Trinajstić information content (AvgIpc) is 2.74. The van der Waals surface area contributed by atoms with Crippen molar-refractivity contribution in [1.29, 1.82) is 0 Å². The van der Waals surface area contributed by atoms with Gasteiger partial charge in [-0.15, -0.1) is 0 Å². The van der Waals surface area contributed by atoms with Gasteiger partial charge in [0.15, 0.2) is 0 Å². The summed E-state index contributed by atoms with van der Waals surface area (Å²) in [5.74, 6) is -1.52. The second-order valence-electron chi connectivity index (χ2n) is 4.09. The summed E-state index contributed by atoms with van der Waals surface area (Å²) in [6.07, 6.45) is 1.80. The lowest BCUT2D eigenvalue weighted by atomic mass is 9.93. The molecule has 0 amide bonds. The molecule has 0 aliphatic heterocycles. The van der Waals surface area contributed by atoms with Crippen LogP contribution in [0.3, 0.4) is 0 Å². The summed E-state index contributed by atoms with van der Waals surface area (Å²) < 4.78 is 0.863. The molecule has 1 heterocycles. The summed E-state index contributed by atoms with van der Waals surface area (Å²) in [5, 5.41) is 34.6. The third-order valence-corrected chi connectivity index (χ3v) is 2.94. The topological polar surface area (TPSA) is 137 Å². The highest BCUT2D eigenvalue weighted by molar-refractivity contribution is 5.15. The van der Waals surface area contributed by atoms with Gasteiger partial charge in [-0.1, -0.05) is 11.1 Å². The van der Waals surface area contributed by atoms with E-state index in [2.05, 4.69) is 10.1 Å². The molecule has 98 valence electrons. The zero-order chi connectivity index (χ0) is 13.3. The first-order chi connectivity index (χ1) is 8.50. The van der Waals surface area contributed by atoms with E-state index in [1.54, 1.807) is 0 Å². The van der Waals surface area contributed by atoms with Gasteiger partial charge in [0.25, 0.3) is 0 Å². The Morgan fingerprint density at radius 1 is 1.22 bits per heavy atom. The van der Waals surface area contributed by atoms with Crippen LogP contribution in [-0.2, 0) is 0 Å². The minimum absolute atomic E-state index is 0.489. The van der Waals surface area contributed by atoms with Gasteiger partial charge >= 0.3 is 11.9 Å². The molecule has 1 aliphatic rings. The van der Waals surface area contributed by atoms with Crippen LogP contribution in [0.4, 0.5) is 11.9 Å². The van der Waals surface area contributed by atoms with Crippen molar-refractivity contribution < 1.29 is 15.0 Å². The second kappa shape index (κ2) is 4.64. The molecule has 1 aromatic heterocycles. The number of aliphatic hydroxyl groups is 1. The number of nitro groups is 2. The van der Waals surface area contributed by atoms with Gasteiger partial charge in [-0.3, -0.25) is 0 Å². The largest absolute Gasteiger partial charge is 0.508 e. The van der Waals surface area contributed by atoms with E-state index < -0.39 is 33.9 Å². The highest BCUT2D eigenvalue weighted by Gasteiger charge is 2.38. The highest BCUT2D eigenvalue weighted by Crippen LogP contribution is 2.31. The van der Waals surface area contributed by atoms with Crippen LogP contribution in [0.1, 0.15) is 31.7 Å². The molecule has 2 unspecified atom stereocenters. The van der Waals surface area contributed by atoms with Crippen molar-refractivity contribution in [3.8, 4) is 0 Å². The Hall–Kier alpha value is -2.10. The number of hydrogen-bond acceptors (Lipinski definition) is 7. The lowest BCUT2D eigenvalue weighted by Crippen LogP contribution is -2.29. The molecule has 2 atom stereocenters. The van der Waals surface area contributed by atoms with E-state index in [4.69, 9.17) is 0 Å². The summed E-state index contributed by atoms with van der Waals surface area (Å²) in [6, 6.07) is -0.625. The van der Waals surface area contributed by atoms with Gasteiger partial charge in [0.2, 0.25) is 0 Å². The van der Waals surface area contributed by atoms with E-state index in [9.17, 15) is 25.3 Å². The van der Waals surface area contributed by atoms with Crippen molar-refractivity contribution in [1.82, 2.24) is 14.8 Å². The Bertz CT molecular complexity index is 486. The molecule has 0 aromatic carbocycles. The van der Waals surface area contributed by atoms with Gasteiger partial charge in [-0.25, -0.2) is 0 Å². The van der Waals surface area contributed by atoms with E-state index in [1.807, 2.05) is 0 Å². The quantitative estimate of drug-likeness (QED) is 0.616. The number of hydrogen-bond donors (Lipinski definition) is 1. The predicted molar refractivity (Wildman–Crippen MR) is 56.8 cm³/mol. The fourth-order valence-electron chi connectivity index (χ4n) is 2.11. The molecule has 1 saturated carbocycles. The van der Waals surface area contributed by atoms with Crippen LogP contribution >= 0.6 is 0 Å². The van der Waals surface area contributed by atoms with Crippen LogP contribution < -0.4 is 0 Å². The van der Waals surface area contributed by atoms with E-state index in [-0.39, 0.29) is 0 Å². The SMILES string of the molecule is O=[N+]([O-])c1nc([N+](=O)[O-])n(C2CCCCC2O)n1. The van der Waals surface area contributed by atoms with Crippen LogP contribution in [0.25, 0.3) is 0 Å². The van der Waals surface area contributed by atoms with Crippen LogP contribution in [0.2, 0.25) is 0 Å². The average molecular weight is 257 g/mol. The van der Waals surface area contributed by atoms with Gasteiger partial charge < -0.3 is 25.3 Å². The maximum absolute atomic E-state index is 10.8. The molecule has 1 N–H and O–H groups in total. The van der Waals surface area contributed by atoms with Gasteiger partial charge in [0, 0.05) is 4.98 Å². The number of aromatic nitrogens is 3. The molecule has 0 spiro atoms. The second-order valence-corrected chi connectivity index (χ2v) is 4.09. The smallest absolute Gasteiger partial charge is 0.390 e. The molecule has 0 bridgehead atoms. The first-order valence-corrected chi connectivity index (χ1v) is 5.44. The molecule has 18 heavy (non-hydrogen) atoms. The molecular formula is C8H11N5O5. The van der Waals surface area contributed by atoms with Gasteiger partial charge in [0.05, 0.1) is 11.2 Å². The number of rotatable bonds is 3. The zero-order valence-corrected chi connectivity index (χ0v) is 9.30. The van der Waals surface area contributed by atoms with E-state index in [0.717, 1.165) is 17.5 Å². The van der Waals surface area contributed by atoms with Crippen molar-refractivity contribution in [2.45, 2.75) is 37.8 Å². The monoisotopic (exact) mass is 257 g/mol. The molecule has 1 aromatic rings. The standard InChI is InChI=1S/C8H11N5O5/c14-6-4-2-1-3-5(6)11-8(13(17)18)9-7(10-11)12(15)16/h5-6,14H,1-4H2. The van der Waals surface area contributed by atoms with Gasteiger partial charge in [0.1, 0.15) is 6.04 Å². The molecule has 2 rings (SSSR count). The summed E-state index contributed by atoms with van der Waals surface area (Å²) in [4.78, 5) is 22.9. The third kappa shape index (κ3) is 2.14. The van der Waals surface area contributed by atoms with E-state index in [1.165, 1.54) is 0 Å². The van der Waals surface area contributed by atoms with Crippen molar-refractivity contribution in [3.63, 3.8) is 0 Å². The van der Waals surface area contributed by atoms with Crippen LogP contribution in [0, 0.1) is 20.2 Å². The number of aliphatic hydroxyl groups excluding tert-OH is 1. The minimum Gasteiger partial charge on any atom is -0.390 e. The first kappa shape index (κ1) is 12.4. The van der Waals surface area contributed by atoms with Crippen molar-refractivity contribution in [2.24, 2.45) is 0 Å². The Morgan fingerprint density at radius 2 is 1.89 bits per heavy atom. The molecule has 10 heteroatoms. The van der Waals surface area contributed by atoms with E-state index in [0.29, 0.717) is 12.8 Å². The third-order valence-electron chi connectivity index (χ3n) is 2.94. The lowest BCUT2D eigenvalue weighted by Gasteiger charge is -2.23. The summed E-state index contributed by atoms with van der Waals surface area (Å²) in [6.45, 7) is 0. The predicted octanol–water partition coefficient (Wildman–Crippen LogP) is 0.570. The molecular weight excluding hydrogens is 246 g/mol. The van der Waals surface area contributed by atoms with Crippen molar-refractivity contribution in [2.75, 3.05) is 0 Å². The summed E-state index contributed by atoms with van der Waals surface area (Å²) in [5.41, 5.74) is 0. The Kier molecular flexibility index (Phi) is 3.19. The molecule has 0 saturated heterocycles. The fraction of sp³-hybridized carbons (Fsp3) is 0.750. The van der Waals surface area contributed by atoms with Crippen molar-refractivity contribution >= 4 is 11.9 Å². The maximum Gasteiger partial charge on any atom is 0.508 e. The number of nitrogens with zero attached hydrogens (tertiary/aromatic N) is 5. The van der Waals surface area contributed by atoms with Crippen LogP contribution in [-0.4, -0.2) is 35.8 Å². The molecule has 1 aliphatic carbocycles. The normalized spacial score (nSPS) is 23.8. The maximum atomic E-state index is 10.8. The Morgan fingerprint density at radius 3 is 2.44 bits per heavy atom. The zero-order valence-electron chi connectivity index (χ0n) is 9.30. The lowest BCUT2D eigenvalue weighted by molar-refractivity contribution is -0.404. The molecule has 10 nitrogen and oxygen atoms in total. The minimum atomic E-state index is -0.890. The Labute approximate surface area is 101 Å². The summed E-state index contributed by atoms with van der Waals surface area (Å²) in [7, 11) is 0. The highest BCUT2D eigenvalue weighted by atomic mass is 16.6. The van der Waals surface area contributed by atoms with Crippen molar-refractivity contribution in [3.05, 3.63) is 20.2 Å². The molecule has 0 radical (unpaired) electrons. The molecule has 1 fully saturated rings. The van der Waals surface area contributed by atoms with E-state index >= 15 is 0 Å². The fourth-order valence-corrected chi connectivity index (χ4v) is 2.11. The van der Waals surface area contributed by atoms with Crippen LogP contribution in [0.15, 0.2) is 0 Å². The summed E-state index contributed by atoms with van der Waals surface area (Å²) >= 11 is 0. The van der Waals surface area contributed by atoms with Gasteiger partial charge in [-0.2, -0.15) is 0 Å². The first-order valence-electron chi connectivity index (χ1n) is 5.44. The Balaban J connectivity index is 2.41. The van der Waals surface area contributed by atoms with Gasteiger partial charge in [-0.05, 0) is 29.1 Å².